The summed E-state index contributed by atoms with van der Waals surface area (Å²) in [5.74, 6) is 0. The van der Waals surface area contributed by atoms with Gasteiger partial charge in [0.15, 0.2) is 0 Å². The molecular formula is C9H17OS+. The van der Waals surface area contributed by atoms with Crippen LogP contribution in [0.3, 0.4) is 0 Å². The Morgan fingerprint density at radius 1 is 1.18 bits per heavy atom. The maximum atomic E-state index is 9.89. The Kier molecular flexibility index (Phi) is 9.55. The van der Waals surface area contributed by atoms with Crippen molar-refractivity contribution in [3.63, 3.8) is 0 Å². The molecule has 0 aliphatic heterocycles. The highest BCUT2D eigenvalue weighted by molar-refractivity contribution is 7.68. The first-order chi connectivity index (χ1) is 5.41. The van der Waals surface area contributed by atoms with Crippen LogP contribution >= 0.6 is 0 Å². The normalized spacial score (nSPS) is 10.6. The average Bonchev–Trinajstić information content (AvgIpc) is 2.03. The van der Waals surface area contributed by atoms with Crippen molar-refractivity contribution in [2.24, 2.45) is 0 Å². The second-order valence-electron chi connectivity index (χ2n) is 2.67. The minimum absolute atomic E-state index is 0.539. The zero-order valence-electron chi connectivity index (χ0n) is 7.21. The van der Waals surface area contributed by atoms with E-state index in [4.69, 9.17) is 0 Å². The van der Waals surface area contributed by atoms with Crippen molar-refractivity contribution in [2.45, 2.75) is 45.4 Å². The molecule has 0 amide bonds. The summed E-state index contributed by atoms with van der Waals surface area (Å²) < 4.78 is 9.89. The SMILES string of the molecule is CCCCCCCC=C[S+]=O. The molecule has 0 aliphatic carbocycles. The fraction of sp³-hybridized carbons (Fsp3) is 0.778. The van der Waals surface area contributed by atoms with Gasteiger partial charge in [0.25, 0.3) is 0 Å². The quantitative estimate of drug-likeness (QED) is 0.426. The molecule has 0 saturated carbocycles. The molecule has 0 unspecified atom stereocenters. The van der Waals surface area contributed by atoms with Gasteiger partial charge in [0.2, 0.25) is 5.41 Å². The molecule has 0 bridgehead atoms. The van der Waals surface area contributed by atoms with E-state index in [1.165, 1.54) is 32.1 Å². The predicted octanol–water partition coefficient (Wildman–Crippen LogP) is 3.29. The van der Waals surface area contributed by atoms with Crippen molar-refractivity contribution >= 4 is 11.7 Å². The third kappa shape index (κ3) is 9.76. The molecule has 0 N–H and O–H groups in total. The van der Waals surface area contributed by atoms with Gasteiger partial charge in [0.1, 0.15) is 0 Å². The van der Waals surface area contributed by atoms with Crippen LogP contribution in [0.1, 0.15) is 45.4 Å². The molecule has 1 nitrogen and oxygen atoms in total. The van der Waals surface area contributed by atoms with Crippen LogP contribution in [-0.4, -0.2) is 0 Å². The van der Waals surface area contributed by atoms with Crippen LogP contribution in [0.5, 0.6) is 0 Å². The summed E-state index contributed by atoms with van der Waals surface area (Å²) in [5, 5.41) is 1.62. The Morgan fingerprint density at radius 3 is 2.55 bits per heavy atom. The molecule has 0 saturated heterocycles. The van der Waals surface area contributed by atoms with Gasteiger partial charge < -0.3 is 0 Å². The number of allylic oxidation sites excluding steroid dienone is 1. The van der Waals surface area contributed by atoms with Gasteiger partial charge in [-0.15, -0.1) is 0 Å². The van der Waals surface area contributed by atoms with E-state index >= 15 is 0 Å². The minimum atomic E-state index is 0.539. The summed E-state index contributed by atoms with van der Waals surface area (Å²) in [7, 11) is 0. The van der Waals surface area contributed by atoms with Crippen LogP contribution < -0.4 is 0 Å². The number of unbranched alkanes of at least 4 members (excludes halogenated alkanes) is 5. The lowest BCUT2D eigenvalue weighted by Crippen LogP contribution is -1.75. The van der Waals surface area contributed by atoms with Crippen molar-refractivity contribution in [3.05, 3.63) is 11.5 Å². The summed E-state index contributed by atoms with van der Waals surface area (Å²) in [6, 6.07) is 0. The van der Waals surface area contributed by atoms with E-state index in [0.29, 0.717) is 11.7 Å². The Bertz CT molecular complexity index is 110. The summed E-state index contributed by atoms with van der Waals surface area (Å²) >= 11 is 0.539. The summed E-state index contributed by atoms with van der Waals surface area (Å²) in [6.07, 6.45) is 9.56. The smallest absolute Gasteiger partial charge is 0.0654 e. The van der Waals surface area contributed by atoms with Gasteiger partial charge in [0, 0.05) is 4.21 Å². The predicted molar refractivity (Wildman–Crippen MR) is 50.6 cm³/mol. The van der Waals surface area contributed by atoms with Gasteiger partial charge in [-0.3, -0.25) is 0 Å². The van der Waals surface area contributed by atoms with Crippen LogP contribution in [0.25, 0.3) is 0 Å². The fourth-order valence-electron chi connectivity index (χ4n) is 0.973. The van der Waals surface area contributed by atoms with E-state index in [1.54, 1.807) is 5.41 Å². The van der Waals surface area contributed by atoms with Gasteiger partial charge in [-0.1, -0.05) is 32.6 Å². The van der Waals surface area contributed by atoms with E-state index in [0.717, 1.165) is 6.42 Å². The molecule has 0 aliphatic rings. The van der Waals surface area contributed by atoms with E-state index in [9.17, 15) is 4.21 Å². The molecule has 0 rings (SSSR count). The third-order valence-electron chi connectivity index (χ3n) is 1.63. The van der Waals surface area contributed by atoms with Crippen LogP contribution in [-0.2, 0) is 15.9 Å². The Morgan fingerprint density at radius 2 is 1.91 bits per heavy atom. The molecule has 0 heterocycles. The van der Waals surface area contributed by atoms with Crippen molar-refractivity contribution in [1.82, 2.24) is 0 Å². The van der Waals surface area contributed by atoms with Crippen LogP contribution in [0.4, 0.5) is 0 Å². The zero-order chi connectivity index (χ0) is 8.36. The summed E-state index contributed by atoms with van der Waals surface area (Å²) in [6.45, 7) is 2.22. The second kappa shape index (κ2) is 9.76. The molecule has 0 aromatic heterocycles. The van der Waals surface area contributed by atoms with Crippen molar-refractivity contribution in [3.8, 4) is 0 Å². The zero-order valence-corrected chi connectivity index (χ0v) is 8.03. The van der Waals surface area contributed by atoms with Gasteiger partial charge in [-0.2, -0.15) is 0 Å². The summed E-state index contributed by atoms with van der Waals surface area (Å²) in [4.78, 5) is 0. The molecule has 2 heteroatoms. The van der Waals surface area contributed by atoms with Crippen LogP contribution in [0.15, 0.2) is 11.5 Å². The molecule has 0 atom stereocenters. The minimum Gasteiger partial charge on any atom is -0.0654 e. The molecular weight excluding hydrogens is 156 g/mol. The topological polar surface area (TPSA) is 17.1 Å². The first-order valence-corrected chi connectivity index (χ1v) is 5.16. The first-order valence-electron chi connectivity index (χ1n) is 4.35. The summed E-state index contributed by atoms with van der Waals surface area (Å²) in [5.41, 5.74) is 0. The van der Waals surface area contributed by atoms with Crippen molar-refractivity contribution in [2.75, 3.05) is 0 Å². The lowest BCUT2D eigenvalue weighted by atomic mass is 10.1. The third-order valence-corrected chi connectivity index (χ3v) is 1.93. The van der Waals surface area contributed by atoms with Gasteiger partial charge in [0.05, 0.1) is 0 Å². The van der Waals surface area contributed by atoms with Crippen molar-refractivity contribution in [1.29, 1.82) is 0 Å². The highest BCUT2D eigenvalue weighted by atomic mass is 32.1. The monoisotopic (exact) mass is 173 g/mol. The molecule has 64 valence electrons. The first kappa shape index (κ1) is 10.8. The van der Waals surface area contributed by atoms with Gasteiger partial charge in [-0.05, 0) is 18.9 Å². The highest BCUT2D eigenvalue weighted by Crippen LogP contribution is 2.04. The van der Waals surface area contributed by atoms with E-state index in [2.05, 4.69) is 6.92 Å². The molecule has 0 aromatic rings. The molecule has 0 spiro atoms. The molecule has 0 aromatic carbocycles. The highest BCUT2D eigenvalue weighted by Gasteiger charge is 1.88. The van der Waals surface area contributed by atoms with Crippen molar-refractivity contribution < 1.29 is 4.21 Å². The van der Waals surface area contributed by atoms with E-state index < -0.39 is 0 Å². The van der Waals surface area contributed by atoms with Crippen LogP contribution in [0, 0.1) is 0 Å². The van der Waals surface area contributed by atoms with Crippen LogP contribution in [0.2, 0.25) is 0 Å². The van der Waals surface area contributed by atoms with Gasteiger partial charge in [-0.25, -0.2) is 0 Å². The lowest BCUT2D eigenvalue weighted by molar-refractivity contribution is 0.608. The maximum Gasteiger partial charge on any atom is 0.496 e. The largest absolute Gasteiger partial charge is 0.496 e. The lowest BCUT2D eigenvalue weighted by Gasteiger charge is -1.94. The second-order valence-corrected chi connectivity index (χ2v) is 3.14. The average molecular weight is 173 g/mol. The Hall–Kier alpha value is -0.240. The molecule has 11 heavy (non-hydrogen) atoms. The molecule has 0 fully saturated rings. The van der Waals surface area contributed by atoms with Gasteiger partial charge >= 0.3 is 11.7 Å². The number of rotatable bonds is 7. The number of hydrogen-bond donors (Lipinski definition) is 0. The Labute approximate surface area is 73.4 Å². The maximum absolute atomic E-state index is 9.89. The number of hydrogen-bond acceptors (Lipinski definition) is 1. The fourth-order valence-corrected chi connectivity index (χ4v) is 1.19. The van der Waals surface area contributed by atoms with E-state index in [-0.39, 0.29) is 0 Å². The standard InChI is InChI=1S/C9H17OS/c1-2-3-4-5-6-7-8-9-11-10/h8-9H,2-7H2,1H3/q+1. The molecule has 0 radical (unpaired) electrons. The Balaban J connectivity index is 2.90. The van der Waals surface area contributed by atoms with E-state index in [1.807, 2.05) is 6.08 Å².